The van der Waals surface area contributed by atoms with E-state index in [1.54, 1.807) is 0 Å². The van der Waals surface area contributed by atoms with Crippen LogP contribution in [0.4, 0.5) is 5.69 Å². The summed E-state index contributed by atoms with van der Waals surface area (Å²) in [4.78, 5) is 31.8. The van der Waals surface area contributed by atoms with Crippen molar-refractivity contribution in [2.24, 2.45) is 0 Å². The molecular formula is C27H22N2O2S. The lowest BCUT2D eigenvalue weighted by Gasteiger charge is -2.25. The smallest absolute Gasteiger partial charge is 0.282 e. The maximum absolute atomic E-state index is 13.9. The zero-order valence-corrected chi connectivity index (χ0v) is 18.5. The minimum atomic E-state index is -0.271. The number of carbonyl (C=O) groups is 2. The topological polar surface area (TPSA) is 40.6 Å². The third-order valence-electron chi connectivity index (χ3n) is 5.75. The Labute approximate surface area is 191 Å². The Hall–Kier alpha value is -3.70. The van der Waals surface area contributed by atoms with Crippen molar-refractivity contribution in [3.05, 3.63) is 106 Å². The van der Waals surface area contributed by atoms with Crippen LogP contribution in [0.15, 0.2) is 96.0 Å². The lowest BCUT2D eigenvalue weighted by atomic mass is 10.1. The fourth-order valence-corrected chi connectivity index (χ4v) is 4.99. The first-order chi connectivity index (χ1) is 15.7. The van der Waals surface area contributed by atoms with Crippen molar-refractivity contribution in [1.29, 1.82) is 0 Å². The van der Waals surface area contributed by atoms with E-state index >= 15 is 0 Å². The standard InChI is InChI=1S/C27H22N2O2S/c1-2-28(18-19-10-4-3-5-11-19)25-24(23-16-9-17-32-23)26(30)29(27(25)31)22-15-8-13-20-12-6-7-14-21(20)22/h3-17H,2,18H2,1H3. The molecule has 2 amide bonds. The number of anilines is 1. The molecule has 4 nitrogen and oxygen atoms in total. The number of carbonyl (C=O) groups excluding carboxylic acids is 2. The van der Waals surface area contributed by atoms with Gasteiger partial charge >= 0.3 is 0 Å². The van der Waals surface area contributed by atoms with Crippen LogP contribution in [0.3, 0.4) is 0 Å². The molecule has 0 N–H and O–H groups in total. The fraction of sp³-hybridized carbons (Fsp3) is 0.111. The molecule has 1 aromatic heterocycles. The number of hydrogen-bond acceptors (Lipinski definition) is 4. The first-order valence-electron chi connectivity index (χ1n) is 10.6. The van der Waals surface area contributed by atoms with Gasteiger partial charge in [0.05, 0.1) is 11.3 Å². The van der Waals surface area contributed by atoms with E-state index in [9.17, 15) is 9.59 Å². The van der Waals surface area contributed by atoms with Gasteiger partial charge in [0.25, 0.3) is 11.8 Å². The van der Waals surface area contributed by atoms with Crippen LogP contribution in [-0.4, -0.2) is 23.3 Å². The zero-order valence-electron chi connectivity index (χ0n) is 17.7. The Morgan fingerprint density at radius 1 is 0.812 bits per heavy atom. The molecule has 0 atom stereocenters. The minimum Gasteiger partial charge on any atom is -0.362 e. The molecule has 0 aliphatic carbocycles. The fourth-order valence-electron chi connectivity index (χ4n) is 4.23. The molecule has 0 unspecified atom stereocenters. The number of hydrogen-bond donors (Lipinski definition) is 0. The number of amides is 2. The van der Waals surface area contributed by atoms with Gasteiger partial charge in [0.2, 0.25) is 0 Å². The Balaban J connectivity index is 1.64. The number of thiophene rings is 1. The highest BCUT2D eigenvalue weighted by Gasteiger charge is 2.43. The molecule has 0 radical (unpaired) electrons. The second-order valence-electron chi connectivity index (χ2n) is 7.64. The summed E-state index contributed by atoms with van der Waals surface area (Å²) in [5.41, 5.74) is 2.67. The van der Waals surface area contributed by atoms with Gasteiger partial charge in [-0.15, -0.1) is 11.3 Å². The summed E-state index contributed by atoms with van der Waals surface area (Å²) >= 11 is 1.48. The zero-order chi connectivity index (χ0) is 22.1. The normalized spacial score (nSPS) is 14.0. The van der Waals surface area contributed by atoms with Crippen LogP contribution in [0.2, 0.25) is 0 Å². The highest BCUT2D eigenvalue weighted by Crippen LogP contribution is 2.39. The average Bonchev–Trinajstić information content (AvgIpc) is 3.44. The summed E-state index contributed by atoms with van der Waals surface area (Å²) in [6.07, 6.45) is 0. The predicted molar refractivity (Wildman–Crippen MR) is 130 cm³/mol. The van der Waals surface area contributed by atoms with Crippen molar-refractivity contribution < 1.29 is 9.59 Å². The number of imide groups is 1. The molecule has 0 saturated carbocycles. The van der Waals surface area contributed by atoms with E-state index in [-0.39, 0.29) is 11.8 Å². The number of nitrogens with zero attached hydrogens (tertiary/aromatic N) is 2. The van der Waals surface area contributed by atoms with Gasteiger partial charge in [-0.2, -0.15) is 0 Å². The molecule has 0 spiro atoms. The Bertz CT molecular complexity index is 1320. The molecule has 32 heavy (non-hydrogen) atoms. The minimum absolute atomic E-state index is 0.268. The van der Waals surface area contributed by atoms with Crippen molar-refractivity contribution in [2.45, 2.75) is 13.5 Å². The first-order valence-corrected chi connectivity index (χ1v) is 11.5. The number of fused-ring (bicyclic) bond motifs is 1. The van der Waals surface area contributed by atoms with Gasteiger partial charge in [0.1, 0.15) is 5.70 Å². The lowest BCUT2D eigenvalue weighted by Crippen LogP contribution is -2.35. The van der Waals surface area contributed by atoms with E-state index in [4.69, 9.17) is 0 Å². The second kappa shape index (κ2) is 8.44. The molecule has 5 heteroatoms. The summed E-state index contributed by atoms with van der Waals surface area (Å²) in [5.74, 6) is -0.539. The molecule has 0 saturated heterocycles. The molecule has 1 aliphatic rings. The van der Waals surface area contributed by atoms with E-state index in [0.717, 1.165) is 21.2 Å². The quantitative estimate of drug-likeness (QED) is 0.362. The van der Waals surface area contributed by atoms with Crippen molar-refractivity contribution in [2.75, 3.05) is 11.4 Å². The Kier molecular flexibility index (Phi) is 5.33. The molecular weight excluding hydrogens is 416 g/mol. The molecule has 158 valence electrons. The molecule has 1 aliphatic heterocycles. The number of rotatable bonds is 6. The van der Waals surface area contributed by atoms with Gasteiger partial charge in [0.15, 0.2) is 0 Å². The predicted octanol–water partition coefficient (Wildman–Crippen LogP) is 5.71. The molecule has 3 aromatic carbocycles. The largest absolute Gasteiger partial charge is 0.362 e. The van der Waals surface area contributed by atoms with E-state index in [1.807, 2.05) is 102 Å². The van der Waals surface area contributed by atoms with Crippen LogP contribution in [0, 0.1) is 0 Å². The monoisotopic (exact) mass is 438 g/mol. The lowest BCUT2D eigenvalue weighted by molar-refractivity contribution is -0.120. The van der Waals surface area contributed by atoms with Crippen LogP contribution < -0.4 is 4.90 Å². The van der Waals surface area contributed by atoms with Crippen molar-refractivity contribution in [3.8, 4) is 0 Å². The number of benzene rings is 3. The molecule has 0 fully saturated rings. The van der Waals surface area contributed by atoms with E-state index < -0.39 is 0 Å². The summed E-state index contributed by atoms with van der Waals surface area (Å²) in [5, 5.41) is 3.81. The molecule has 0 bridgehead atoms. The summed E-state index contributed by atoms with van der Waals surface area (Å²) < 4.78 is 0. The highest BCUT2D eigenvalue weighted by atomic mass is 32.1. The third-order valence-corrected chi connectivity index (χ3v) is 6.64. The third kappa shape index (κ3) is 3.41. The van der Waals surface area contributed by atoms with Crippen LogP contribution >= 0.6 is 11.3 Å². The van der Waals surface area contributed by atoms with Gasteiger partial charge in [-0.1, -0.05) is 72.8 Å². The van der Waals surface area contributed by atoms with Gasteiger partial charge in [-0.05, 0) is 35.4 Å². The Morgan fingerprint density at radius 2 is 1.56 bits per heavy atom. The SMILES string of the molecule is CCN(Cc1ccccc1)C1=C(c2cccs2)C(=O)N(c2cccc3ccccc23)C1=O. The Morgan fingerprint density at radius 3 is 2.31 bits per heavy atom. The maximum atomic E-state index is 13.9. The first kappa shape index (κ1) is 20.2. The van der Waals surface area contributed by atoms with Gasteiger partial charge in [-0.25, -0.2) is 4.90 Å². The maximum Gasteiger partial charge on any atom is 0.282 e. The summed E-state index contributed by atoms with van der Waals surface area (Å²) in [6.45, 7) is 3.19. The van der Waals surface area contributed by atoms with Crippen LogP contribution in [0.5, 0.6) is 0 Å². The van der Waals surface area contributed by atoms with Crippen LogP contribution in [-0.2, 0) is 16.1 Å². The van der Waals surface area contributed by atoms with Crippen LogP contribution in [0.25, 0.3) is 16.3 Å². The summed E-state index contributed by atoms with van der Waals surface area (Å²) in [6, 6.07) is 27.4. The van der Waals surface area contributed by atoms with Gasteiger partial charge in [-0.3, -0.25) is 9.59 Å². The van der Waals surface area contributed by atoms with Gasteiger partial charge in [0, 0.05) is 23.4 Å². The molecule has 2 heterocycles. The van der Waals surface area contributed by atoms with Crippen molar-refractivity contribution >= 4 is 45.2 Å². The highest BCUT2D eigenvalue weighted by molar-refractivity contribution is 7.11. The molecule has 5 rings (SSSR count). The van der Waals surface area contributed by atoms with Crippen LogP contribution in [0.1, 0.15) is 17.4 Å². The van der Waals surface area contributed by atoms with E-state index in [1.165, 1.54) is 16.2 Å². The van der Waals surface area contributed by atoms with Gasteiger partial charge < -0.3 is 4.90 Å². The second-order valence-corrected chi connectivity index (χ2v) is 8.59. The average molecular weight is 439 g/mol. The number of likely N-dealkylation sites (N-methyl/N-ethyl adjacent to an activating group) is 1. The van der Waals surface area contributed by atoms with Crippen molar-refractivity contribution in [1.82, 2.24) is 4.90 Å². The molecule has 4 aromatic rings. The van der Waals surface area contributed by atoms with E-state index in [2.05, 4.69) is 0 Å². The van der Waals surface area contributed by atoms with E-state index in [0.29, 0.717) is 30.0 Å². The summed E-state index contributed by atoms with van der Waals surface area (Å²) in [7, 11) is 0. The van der Waals surface area contributed by atoms with Crippen molar-refractivity contribution in [3.63, 3.8) is 0 Å².